The highest BCUT2D eigenvalue weighted by Crippen LogP contribution is 2.27. The maximum absolute atomic E-state index is 12.1. The van der Waals surface area contributed by atoms with E-state index in [1.165, 1.54) is 25.7 Å². The van der Waals surface area contributed by atoms with Gasteiger partial charge in [0.05, 0.1) is 11.3 Å². The lowest BCUT2D eigenvalue weighted by Crippen LogP contribution is -2.30. The van der Waals surface area contributed by atoms with Gasteiger partial charge < -0.3 is 5.32 Å². The Morgan fingerprint density at radius 1 is 1.38 bits per heavy atom. The van der Waals surface area contributed by atoms with E-state index in [4.69, 9.17) is 5.26 Å². The summed E-state index contributed by atoms with van der Waals surface area (Å²) in [5.74, 6) is -0.0140. The number of amides is 1. The summed E-state index contributed by atoms with van der Waals surface area (Å²) < 4.78 is 0. The quantitative estimate of drug-likeness (QED) is 0.798. The van der Waals surface area contributed by atoms with Crippen molar-refractivity contribution in [2.24, 2.45) is 0 Å². The minimum atomic E-state index is -0.0140. The molecule has 4 nitrogen and oxygen atoms in total. The van der Waals surface area contributed by atoms with Crippen molar-refractivity contribution < 1.29 is 4.79 Å². The summed E-state index contributed by atoms with van der Waals surface area (Å²) in [6.07, 6.45) is 5.39. The van der Waals surface area contributed by atoms with Gasteiger partial charge in [0, 0.05) is 19.0 Å². The summed E-state index contributed by atoms with van der Waals surface area (Å²) in [5, 5.41) is 11.9. The second kappa shape index (κ2) is 7.80. The van der Waals surface area contributed by atoms with Gasteiger partial charge in [-0.3, -0.25) is 9.69 Å². The molecule has 0 spiro atoms. The van der Waals surface area contributed by atoms with Crippen LogP contribution in [0.1, 0.15) is 44.6 Å². The minimum Gasteiger partial charge on any atom is -0.325 e. The molecule has 0 heterocycles. The van der Waals surface area contributed by atoms with Crippen LogP contribution in [0.3, 0.4) is 0 Å². The van der Waals surface area contributed by atoms with Gasteiger partial charge in [-0.15, -0.1) is 0 Å². The van der Waals surface area contributed by atoms with Crippen LogP contribution in [0.5, 0.6) is 0 Å². The maximum Gasteiger partial charge on any atom is 0.225 e. The van der Waals surface area contributed by atoms with Crippen molar-refractivity contribution in [1.29, 1.82) is 5.26 Å². The van der Waals surface area contributed by atoms with Crippen molar-refractivity contribution in [1.82, 2.24) is 4.90 Å². The molecule has 112 valence electrons. The van der Waals surface area contributed by atoms with E-state index in [2.05, 4.69) is 23.2 Å². The predicted octanol–water partition coefficient (Wildman–Crippen LogP) is 3.15. The van der Waals surface area contributed by atoms with Crippen molar-refractivity contribution in [3.63, 3.8) is 0 Å². The van der Waals surface area contributed by atoms with Gasteiger partial charge >= 0.3 is 0 Å². The summed E-state index contributed by atoms with van der Waals surface area (Å²) in [7, 11) is 0. The molecule has 0 radical (unpaired) electrons. The number of benzene rings is 1. The molecule has 0 atom stereocenters. The highest BCUT2D eigenvalue weighted by molar-refractivity contribution is 5.92. The number of rotatable bonds is 8. The molecule has 0 saturated heterocycles. The average Bonchev–Trinajstić information content (AvgIpc) is 3.32. The molecule has 1 aromatic rings. The molecule has 1 N–H and O–H groups in total. The number of hydrogen-bond acceptors (Lipinski definition) is 3. The fourth-order valence-corrected chi connectivity index (χ4v) is 2.43. The van der Waals surface area contributed by atoms with Crippen LogP contribution < -0.4 is 5.32 Å². The fourth-order valence-electron chi connectivity index (χ4n) is 2.43. The summed E-state index contributed by atoms with van der Waals surface area (Å²) in [5.41, 5.74) is 1.12. The van der Waals surface area contributed by atoms with Crippen LogP contribution in [0.4, 0.5) is 5.69 Å². The molecule has 1 saturated carbocycles. The summed E-state index contributed by atoms with van der Waals surface area (Å²) in [6.45, 7) is 4.09. The van der Waals surface area contributed by atoms with Gasteiger partial charge in [-0.05, 0) is 37.9 Å². The first-order valence-corrected chi connectivity index (χ1v) is 7.77. The van der Waals surface area contributed by atoms with Gasteiger partial charge in [-0.25, -0.2) is 0 Å². The van der Waals surface area contributed by atoms with Gasteiger partial charge in [0.15, 0.2) is 0 Å². The number of para-hydroxylation sites is 1. The van der Waals surface area contributed by atoms with Gasteiger partial charge in [-0.2, -0.15) is 5.26 Å². The molecule has 1 aliphatic rings. The van der Waals surface area contributed by atoms with E-state index in [9.17, 15) is 4.79 Å². The molecule has 1 aromatic carbocycles. The average molecular weight is 285 g/mol. The van der Waals surface area contributed by atoms with Gasteiger partial charge in [-0.1, -0.05) is 25.5 Å². The summed E-state index contributed by atoms with van der Waals surface area (Å²) in [6, 6.07) is 9.90. The number of nitrogens with zero attached hydrogens (tertiary/aromatic N) is 2. The van der Waals surface area contributed by atoms with E-state index >= 15 is 0 Å². The first-order valence-electron chi connectivity index (χ1n) is 7.77. The Morgan fingerprint density at radius 2 is 2.14 bits per heavy atom. The van der Waals surface area contributed by atoms with Gasteiger partial charge in [0.25, 0.3) is 0 Å². The monoisotopic (exact) mass is 285 g/mol. The van der Waals surface area contributed by atoms with E-state index in [0.717, 1.165) is 13.1 Å². The van der Waals surface area contributed by atoms with Crippen LogP contribution in [-0.4, -0.2) is 29.9 Å². The maximum atomic E-state index is 12.1. The second-order valence-corrected chi connectivity index (χ2v) is 5.58. The largest absolute Gasteiger partial charge is 0.325 e. The van der Waals surface area contributed by atoms with E-state index in [1.807, 2.05) is 6.07 Å². The topological polar surface area (TPSA) is 56.1 Å². The lowest BCUT2D eigenvalue weighted by molar-refractivity contribution is -0.116. The summed E-state index contributed by atoms with van der Waals surface area (Å²) in [4.78, 5) is 14.5. The molecule has 21 heavy (non-hydrogen) atoms. The van der Waals surface area contributed by atoms with E-state index < -0.39 is 0 Å². The van der Waals surface area contributed by atoms with Crippen molar-refractivity contribution >= 4 is 11.6 Å². The lowest BCUT2D eigenvalue weighted by atomic mass is 10.2. The number of anilines is 1. The minimum absolute atomic E-state index is 0.0140. The van der Waals surface area contributed by atoms with Crippen LogP contribution in [0.25, 0.3) is 0 Å². The third-order valence-electron chi connectivity index (χ3n) is 3.81. The molecule has 0 unspecified atom stereocenters. The lowest BCUT2D eigenvalue weighted by Gasteiger charge is -2.21. The zero-order valence-electron chi connectivity index (χ0n) is 12.6. The third kappa shape index (κ3) is 4.87. The molecule has 1 fully saturated rings. The third-order valence-corrected chi connectivity index (χ3v) is 3.81. The molecule has 4 heteroatoms. The number of unbranched alkanes of at least 4 members (excludes halogenated alkanes) is 1. The van der Waals surface area contributed by atoms with E-state index in [1.54, 1.807) is 18.2 Å². The predicted molar refractivity (Wildman–Crippen MR) is 83.9 cm³/mol. The zero-order chi connectivity index (χ0) is 15.1. The van der Waals surface area contributed by atoms with Crippen molar-refractivity contribution in [3.05, 3.63) is 29.8 Å². The highest BCUT2D eigenvalue weighted by Gasteiger charge is 2.28. The normalized spacial score (nSPS) is 14.0. The van der Waals surface area contributed by atoms with Crippen molar-refractivity contribution in [2.45, 2.75) is 45.1 Å². The Morgan fingerprint density at radius 3 is 2.81 bits per heavy atom. The van der Waals surface area contributed by atoms with Crippen molar-refractivity contribution in [3.8, 4) is 6.07 Å². The summed E-state index contributed by atoms with van der Waals surface area (Å²) >= 11 is 0. The molecule has 1 amide bonds. The number of carbonyl (C=O) groups is 1. The smallest absolute Gasteiger partial charge is 0.225 e. The van der Waals surface area contributed by atoms with Crippen molar-refractivity contribution in [2.75, 3.05) is 18.4 Å². The SMILES string of the molecule is CCCCN(CCC(=O)Nc1ccccc1C#N)C1CC1. The Balaban J connectivity index is 1.82. The van der Waals surface area contributed by atoms with Crippen LogP contribution in [0, 0.1) is 11.3 Å². The van der Waals surface area contributed by atoms with Gasteiger partial charge in [0.2, 0.25) is 5.91 Å². The molecule has 0 bridgehead atoms. The van der Waals surface area contributed by atoms with E-state index in [0.29, 0.717) is 23.7 Å². The molecule has 2 rings (SSSR count). The molecule has 0 aliphatic heterocycles. The Kier molecular flexibility index (Phi) is 5.77. The number of carbonyl (C=O) groups excluding carboxylic acids is 1. The van der Waals surface area contributed by atoms with Gasteiger partial charge in [0.1, 0.15) is 6.07 Å². The molecule has 0 aromatic heterocycles. The number of hydrogen-bond donors (Lipinski definition) is 1. The molecular formula is C17H23N3O. The first-order chi connectivity index (χ1) is 10.2. The standard InChI is InChI=1S/C17H23N3O/c1-2-3-11-20(15-8-9-15)12-10-17(21)19-16-7-5-4-6-14(16)13-18/h4-7,15H,2-3,8-12H2,1H3,(H,19,21). The van der Waals surface area contributed by atoms with Crippen LogP contribution in [0.2, 0.25) is 0 Å². The number of nitrogens with one attached hydrogen (secondary N) is 1. The fraction of sp³-hybridized carbons (Fsp3) is 0.529. The number of nitriles is 1. The first kappa shape index (κ1) is 15.5. The zero-order valence-corrected chi connectivity index (χ0v) is 12.6. The Hall–Kier alpha value is -1.86. The van der Waals surface area contributed by atoms with E-state index in [-0.39, 0.29) is 5.91 Å². The second-order valence-electron chi connectivity index (χ2n) is 5.58. The molecule has 1 aliphatic carbocycles. The van der Waals surface area contributed by atoms with Crippen LogP contribution >= 0.6 is 0 Å². The Labute approximate surface area is 126 Å². The molecular weight excluding hydrogens is 262 g/mol. The van der Waals surface area contributed by atoms with Crippen LogP contribution in [0.15, 0.2) is 24.3 Å². The Bertz CT molecular complexity index is 517. The highest BCUT2D eigenvalue weighted by atomic mass is 16.1. The van der Waals surface area contributed by atoms with Crippen LogP contribution in [-0.2, 0) is 4.79 Å².